The van der Waals surface area contributed by atoms with Gasteiger partial charge in [0.25, 0.3) is 0 Å². The van der Waals surface area contributed by atoms with Crippen molar-refractivity contribution >= 4 is 12.0 Å². The van der Waals surface area contributed by atoms with Gasteiger partial charge < -0.3 is 20.3 Å². The van der Waals surface area contributed by atoms with Gasteiger partial charge in [-0.05, 0) is 27.7 Å². The maximum Gasteiger partial charge on any atom is 0.409 e. The Morgan fingerprint density at radius 2 is 1.42 bits per heavy atom. The number of methoxy groups -OCH3 is 1. The van der Waals surface area contributed by atoms with Crippen LogP contribution in [-0.2, 0) is 9.53 Å². The molecule has 0 saturated carbocycles. The summed E-state index contributed by atoms with van der Waals surface area (Å²) in [6.45, 7) is 9.48. The van der Waals surface area contributed by atoms with Crippen LogP contribution < -0.4 is 5.73 Å². The van der Waals surface area contributed by atoms with Crippen LogP contribution in [0.1, 0.15) is 27.7 Å². The minimum atomic E-state index is -0.638. The summed E-state index contributed by atoms with van der Waals surface area (Å²) in [6.07, 6.45) is -0.342. The first-order valence-electron chi connectivity index (χ1n) is 6.52. The van der Waals surface area contributed by atoms with Crippen LogP contribution in [0.2, 0.25) is 0 Å². The van der Waals surface area contributed by atoms with Crippen LogP contribution in [-0.4, -0.2) is 60.6 Å². The number of rotatable bonds is 2. The van der Waals surface area contributed by atoms with E-state index in [1.54, 1.807) is 9.80 Å². The first-order valence-corrected chi connectivity index (χ1v) is 6.52. The van der Waals surface area contributed by atoms with E-state index in [2.05, 4.69) is 4.74 Å². The van der Waals surface area contributed by atoms with Crippen LogP contribution in [0, 0.1) is 5.41 Å². The van der Waals surface area contributed by atoms with Gasteiger partial charge in [0.1, 0.15) is 0 Å². The zero-order valence-corrected chi connectivity index (χ0v) is 12.5. The molecule has 1 rings (SSSR count). The van der Waals surface area contributed by atoms with Crippen molar-refractivity contribution in [3.05, 3.63) is 0 Å². The highest BCUT2D eigenvalue weighted by Gasteiger charge is 2.43. The third-order valence-electron chi connectivity index (χ3n) is 4.15. The largest absolute Gasteiger partial charge is 0.453 e. The van der Waals surface area contributed by atoms with E-state index in [4.69, 9.17) is 5.73 Å². The van der Waals surface area contributed by atoms with Gasteiger partial charge in [0.15, 0.2) is 0 Å². The Bertz CT molecular complexity index is 353. The van der Waals surface area contributed by atoms with Gasteiger partial charge in [-0.2, -0.15) is 0 Å². The molecule has 0 aromatic rings. The Morgan fingerprint density at radius 3 is 1.79 bits per heavy atom. The summed E-state index contributed by atoms with van der Waals surface area (Å²) in [6, 6.07) is 0. The van der Waals surface area contributed by atoms with Crippen LogP contribution in [0.15, 0.2) is 0 Å². The van der Waals surface area contributed by atoms with E-state index in [0.29, 0.717) is 26.2 Å². The second kappa shape index (κ2) is 5.36. The van der Waals surface area contributed by atoms with Crippen molar-refractivity contribution < 1.29 is 14.3 Å². The zero-order chi connectivity index (χ0) is 14.8. The highest BCUT2D eigenvalue weighted by atomic mass is 16.5. The molecule has 2 amide bonds. The molecular weight excluding hydrogens is 246 g/mol. The molecule has 0 radical (unpaired) electrons. The van der Waals surface area contributed by atoms with E-state index < -0.39 is 11.0 Å². The summed E-state index contributed by atoms with van der Waals surface area (Å²) < 4.78 is 4.67. The van der Waals surface area contributed by atoms with Gasteiger partial charge in [-0.25, -0.2) is 4.79 Å². The predicted octanol–water partition coefficient (Wildman–Crippen LogP) is 0.661. The second-order valence-electron chi connectivity index (χ2n) is 6.10. The molecule has 6 heteroatoms. The molecule has 19 heavy (non-hydrogen) atoms. The summed E-state index contributed by atoms with van der Waals surface area (Å²) in [5, 5.41) is 0. The molecule has 0 unspecified atom stereocenters. The van der Waals surface area contributed by atoms with Gasteiger partial charge >= 0.3 is 6.09 Å². The normalized spacial score (nSPS) is 17.4. The fourth-order valence-electron chi connectivity index (χ4n) is 1.89. The van der Waals surface area contributed by atoms with Gasteiger partial charge in [-0.15, -0.1) is 0 Å². The predicted molar refractivity (Wildman–Crippen MR) is 72.6 cm³/mol. The van der Waals surface area contributed by atoms with Crippen LogP contribution in [0.3, 0.4) is 0 Å². The number of piperazine rings is 1. The SMILES string of the molecule is COC(=O)N1CCN(C(=O)C(C)(C)C(C)(C)N)CC1. The van der Waals surface area contributed by atoms with E-state index in [9.17, 15) is 9.59 Å². The lowest BCUT2D eigenvalue weighted by Gasteiger charge is -2.43. The average molecular weight is 271 g/mol. The Balaban J connectivity index is 2.66. The van der Waals surface area contributed by atoms with E-state index in [1.165, 1.54) is 7.11 Å². The Labute approximate surface area is 114 Å². The zero-order valence-electron chi connectivity index (χ0n) is 12.5. The molecular formula is C13H25N3O3. The molecule has 2 N–H and O–H groups in total. The number of carbonyl (C=O) groups excluding carboxylic acids is 2. The molecule has 1 heterocycles. The summed E-state index contributed by atoms with van der Waals surface area (Å²) in [5.41, 5.74) is 4.85. The fourth-order valence-corrected chi connectivity index (χ4v) is 1.89. The summed E-state index contributed by atoms with van der Waals surface area (Å²) in [4.78, 5) is 27.3. The Morgan fingerprint density at radius 1 is 1.00 bits per heavy atom. The van der Waals surface area contributed by atoms with E-state index in [-0.39, 0.29) is 12.0 Å². The lowest BCUT2D eigenvalue weighted by atomic mass is 9.74. The Kier molecular flexibility index (Phi) is 4.45. The van der Waals surface area contributed by atoms with Gasteiger partial charge in [0.2, 0.25) is 5.91 Å². The van der Waals surface area contributed by atoms with Gasteiger partial charge in [0, 0.05) is 31.7 Å². The quantitative estimate of drug-likeness (QED) is 0.800. The number of amides is 2. The topological polar surface area (TPSA) is 75.9 Å². The van der Waals surface area contributed by atoms with Crippen molar-refractivity contribution in [2.45, 2.75) is 33.2 Å². The number of hydrogen-bond acceptors (Lipinski definition) is 4. The summed E-state index contributed by atoms with van der Waals surface area (Å²) in [5.74, 6) is 0.0320. The van der Waals surface area contributed by atoms with Crippen molar-refractivity contribution in [3.63, 3.8) is 0 Å². The maximum absolute atomic E-state index is 12.5. The van der Waals surface area contributed by atoms with Crippen molar-refractivity contribution in [2.24, 2.45) is 11.1 Å². The van der Waals surface area contributed by atoms with Crippen LogP contribution in [0.4, 0.5) is 4.79 Å². The van der Waals surface area contributed by atoms with Gasteiger partial charge in [-0.1, -0.05) is 0 Å². The summed E-state index contributed by atoms with van der Waals surface area (Å²) >= 11 is 0. The first kappa shape index (κ1) is 15.8. The van der Waals surface area contributed by atoms with Gasteiger partial charge in [-0.3, -0.25) is 4.79 Å². The van der Waals surface area contributed by atoms with Crippen molar-refractivity contribution in [1.29, 1.82) is 0 Å². The molecule has 0 spiro atoms. The average Bonchev–Trinajstić information content (AvgIpc) is 2.35. The van der Waals surface area contributed by atoms with Crippen LogP contribution >= 0.6 is 0 Å². The molecule has 6 nitrogen and oxygen atoms in total. The Hall–Kier alpha value is -1.30. The molecule has 1 saturated heterocycles. The first-order chi connectivity index (χ1) is 8.61. The maximum atomic E-state index is 12.5. The number of carbonyl (C=O) groups is 2. The van der Waals surface area contributed by atoms with Crippen LogP contribution in [0.25, 0.3) is 0 Å². The molecule has 0 aromatic heterocycles. The molecule has 1 fully saturated rings. The van der Waals surface area contributed by atoms with Crippen LogP contribution in [0.5, 0.6) is 0 Å². The third-order valence-corrected chi connectivity index (χ3v) is 4.15. The molecule has 1 aliphatic rings. The van der Waals surface area contributed by atoms with Crippen molar-refractivity contribution in [1.82, 2.24) is 9.80 Å². The molecule has 110 valence electrons. The highest BCUT2D eigenvalue weighted by Crippen LogP contribution is 2.30. The minimum absolute atomic E-state index is 0.0320. The standard InChI is InChI=1S/C13H25N3O3/c1-12(2,13(3,4)14)10(17)15-6-8-16(9-7-15)11(18)19-5/h6-9,14H2,1-5H3. The summed E-state index contributed by atoms with van der Waals surface area (Å²) in [7, 11) is 1.36. The molecule has 0 atom stereocenters. The lowest BCUT2D eigenvalue weighted by molar-refractivity contribution is -0.145. The number of ether oxygens (including phenoxy) is 1. The number of nitrogens with zero attached hydrogens (tertiary/aromatic N) is 2. The number of hydrogen-bond donors (Lipinski definition) is 1. The molecule has 0 aliphatic carbocycles. The van der Waals surface area contributed by atoms with Crippen molar-refractivity contribution in [3.8, 4) is 0 Å². The number of nitrogens with two attached hydrogens (primary N) is 1. The monoisotopic (exact) mass is 271 g/mol. The molecule has 1 aliphatic heterocycles. The lowest BCUT2D eigenvalue weighted by Crippen LogP contribution is -2.60. The fraction of sp³-hybridized carbons (Fsp3) is 0.846. The second-order valence-corrected chi connectivity index (χ2v) is 6.10. The minimum Gasteiger partial charge on any atom is -0.453 e. The highest BCUT2D eigenvalue weighted by molar-refractivity contribution is 5.83. The van der Waals surface area contributed by atoms with Gasteiger partial charge in [0.05, 0.1) is 12.5 Å². The smallest absolute Gasteiger partial charge is 0.409 e. The van der Waals surface area contributed by atoms with E-state index >= 15 is 0 Å². The molecule has 0 bridgehead atoms. The molecule has 0 aromatic carbocycles. The van der Waals surface area contributed by atoms with Crippen molar-refractivity contribution in [2.75, 3.05) is 33.3 Å². The van der Waals surface area contributed by atoms with E-state index in [1.807, 2.05) is 27.7 Å². The van der Waals surface area contributed by atoms with E-state index in [0.717, 1.165) is 0 Å². The third kappa shape index (κ3) is 3.18.